The number of rotatable bonds is 9. The van der Waals surface area contributed by atoms with Crippen molar-refractivity contribution in [2.24, 2.45) is 5.92 Å². The Bertz CT molecular complexity index is 1200. The number of aromatic nitrogens is 1. The summed E-state index contributed by atoms with van der Waals surface area (Å²) >= 11 is 6.00. The van der Waals surface area contributed by atoms with E-state index in [1.165, 1.54) is 19.2 Å². The summed E-state index contributed by atoms with van der Waals surface area (Å²) in [6, 6.07) is 13.3. The van der Waals surface area contributed by atoms with Crippen LogP contribution in [0.1, 0.15) is 34.8 Å². The second-order valence-corrected chi connectivity index (χ2v) is 8.55. The van der Waals surface area contributed by atoms with E-state index < -0.39 is 5.82 Å². The van der Waals surface area contributed by atoms with Gasteiger partial charge in [-0.15, -0.1) is 0 Å². The largest absolute Gasteiger partial charge is 0.494 e. The van der Waals surface area contributed by atoms with Crippen LogP contribution >= 0.6 is 11.6 Å². The summed E-state index contributed by atoms with van der Waals surface area (Å²) in [5.41, 5.74) is 2.57. The molecule has 1 saturated carbocycles. The Hall–Kier alpha value is -3.32. The number of benzene rings is 2. The number of methoxy groups -OCH3 is 3. The van der Waals surface area contributed by atoms with E-state index in [4.69, 9.17) is 30.8 Å². The highest BCUT2D eigenvalue weighted by molar-refractivity contribution is 6.31. The van der Waals surface area contributed by atoms with Gasteiger partial charge in [-0.3, -0.25) is 4.79 Å². The summed E-state index contributed by atoms with van der Waals surface area (Å²) < 4.78 is 29.7. The van der Waals surface area contributed by atoms with Crippen LogP contribution in [0.4, 0.5) is 4.39 Å². The van der Waals surface area contributed by atoms with E-state index in [0.29, 0.717) is 46.5 Å². The van der Waals surface area contributed by atoms with Crippen LogP contribution < -0.4 is 19.5 Å². The van der Waals surface area contributed by atoms with Gasteiger partial charge >= 0.3 is 0 Å². The van der Waals surface area contributed by atoms with Gasteiger partial charge in [-0.1, -0.05) is 11.6 Å². The topological polar surface area (TPSA) is 69.7 Å². The van der Waals surface area contributed by atoms with Crippen LogP contribution in [-0.2, 0) is 0 Å². The molecule has 8 heteroatoms. The van der Waals surface area contributed by atoms with Crippen molar-refractivity contribution in [3.05, 3.63) is 70.6 Å². The van der Waals surface area contributed by atoms with Gasteiger partial charge in [0.25, 0.3) is 5.91 Å². The molecular formula is C26H26ClFN2O4. The molecule has 1 amide bonds. The zero-order valence-electron chi connectivity index (χ0n) is 19.2. The number of hydrogen-bond donors (Lipinski definition) is 1. The molecular weight excluding hydrogens is 459 g/mol. The van der Waals surface area contributed by atoms with E-state index in [1.54, 1.807) is 38.5 Å². The van der Waals surface area contributed by atoms with Gasteiger partial charge < -0.3 is 19.5 Å². The first-order valence-electron chi connectivity index (χ1n) is 11.0. The lowest BCUT2D eigenvalue weighted by atomic mass is 9.97. The third-order valence-corrected chi connectivity index (χ3v) is 6.28. The number of nitrogens with one attached hydrogen (secondary N) is 1. The Labute approximate surface area is 203 Å². The van der Waals surface area contributed by atoms with Crippen LogP contribution in [0.5, 0.6) is 17.2 Å². The van der Waals surface area contributed by atoms with Crippen LogP contribution in [-0.4, -0.2) is 38.8 Å². The molecule has 1 N–H and O–H groups in total. The fourth-order valence-corrected chi connectivity index (χ4v) is 4.16. The van der Waals surface area contributed by atoms with Crippen LogP contribution in [0.25, 0.3) is 11.3 Å². The van der Waals surface area contributed by atoms with Gasteiger partial charge in [-0.05, 0) is 67.3 Å². The molecule has 0 spiro atoms. The van der Waals surface area contributed by atoms with Gasteiger partial charge in [0.05, 0.1) is 26.4 Å². The van der Waals surface area contributed by atoms with Crippen molar-refractivity contribution in [1.82, 2.24) is 10.3 Å². The molecule has 2 aromatic carbocycles. The highest BCUT2D eigenvalue weighted by Gasteiger charge is 2.34. The lowest BCUT2D eigenvalue weighted by molar-refractivity contribution is 0.0949. The third-order valence-electron chi connectivity index (χ3n) is 5.99. The number of pyridine rings is 1. The van der Waals surface area contributed by atoms with Crippen molar-refractivity contribution in [2.45, 2.75) is 18.8 Å². The summed E-state index contributed by atoms with van der Waals surface area (Å²) in [6.07, 6.45) is 2.14. The minimum absolute atomic E-state index is 0.0210. The summed E-state index contributed by atoms with van der Waals surface area (Å²) in [6.45, 7) is 0.431. The molecule has 0 bridgehead atoms. The molecule has 34 heavy (non-hydrogen) atoms. The fraction of sp³-hybridized carbons (Fsp3) is 0.308. The maximum atomic E-state index is 13.7. The van der Waals surface area contributed by atoms with Crippen molar-refractivity contribution in [3.63, 3.8) is 0 Å². The fourth-order valence-electron chi connectivity index (χ4n) is 3.98. The lowest BCUT2D eigenvalue weighted by Crippen LogP contribution is -2.29. The van der Waals surface area contributed by atoms with Gasteiger partial charge in [0.15, 0.2) is 11.5 Å². The highest BCUT2D eigenvalue weighted by atomic mass is 35.5. The molecule has 0 radical (unpaired) electrons. The molecule has 178 valence electrons. The Kier molecular flexibility index (Phi) is 7.22. The van der Waals surface area contributed by atoms with E-state index in [-0.39, 0.29) is 16.8 Å². The normalized spacial score (nSPS) is 13.8. The summed E-state index contributed by atoms with van der Waals surface area (Å²) in [5.74, 6) is 1.38. The molecule has 6 nitrogen and oxygen atoms in total. The van der Waals surface area contributed by atoms with Gasteiger partial charge in [-0.25, -0.2) is 9.37 Å². The van der Waals surface area contributed by atoms with Gasteiger partial charge in [-0.2, -0.15) is 0 Å². The van der Waals surface area contributed by atoms with E-state index >= 15 is 0 Å². The number of carbonyl (C=O) groups excluding carboxylic acids is 1. The Morgan fingerprint density at radius 1 is 1.03 bits per heavy atom. The van der Waals surface area contributed by atoms with Crippen molar-refractivity contribution in [3.8, 4) is 28.5 Å². The quantitative estimate of drug-likeness (QED) is 0.435. The number of nitrogens with zero attached hydrogens (tertiary/aromatic N) is 1. The monoisotopic (exact) mass is 484 g/mol. The minimum atomic E-state index is -0.491. The molecule has 1 unspecified atom stereocenters. The zero-order valence-corrected chi connectivity index (χ0v) is 20.0. The van der Waals surface area contributed by atoms with E-state index in [9.17, 15) is 9.18 Å². The molecule has 0 aliphatic heterocycles. The maximum Gasteiger partial charge on any atom is 0.251 e. The SMILES string of the molecule is COc1ccc(C(=O)NCC(c2ccc(OC)c(-c3ccc(F)c(Cl)c3)n2)C2CC2)cc1OC. The summed E-state index contributed by atoms with van der Waals surface area (Å²) in [4.78, 5) is 17.7. The second-order valence-electron chi connectivity index (χ2n) is 8.14. The number of ether oxygens (including phenoxy) is 3. The second kappa shape index (κ2) is 10.3. The van der Waals surface area contributed by atoms with Crippen molar-refractivity contribution < 1.29 is 23.4 Å². The highest BCUT2D eigenvalue weighted by Crippen LogP contribution is 2.43. The molecule has 1 atom stereocenters. The molecule has 4 rings (SSSR count). The molecule has 1 fully saturated rings. The van der Waals surface area contributed by atoms with Crippen molar-refractivity contribution in [2.75, 3.05) is 27.9 Å². The number of hydrogen-bond acceptors (Lipinski definition) is 5. The van der Waals surface area contributed by atoms with Crippen molar-refractivity contribution in [1.29, 1.82) is 0 Å². The average molecular weight is 485 g/mol. The minimum Gasteiger partial charge on any atom is -0.494 e. The predicted octanol–water partition coefficient (Wildman–Crippen LogP) is 5.49. The van der Waals surface area contributed by atoms with Gasteiger partial charge in [0.1, 0.15) is 17.3 Å². The summed E-state index contributed by atoms with van der Waals surface area (Å²) in [7, 11) is 4.64. The van der Waals surface area contributed by atoms with Crippen LogP contribution in [0.2, 0.25) is 5.02 Å². The van der Waals surface area contributed by atoms with Crippen LogP contribution in [0.15, 0.2) is 48.5 Å². The standard InChI is InChI=1S/C26H26ClFN2O4/c1-32-22-10-7-17(13-24(22)34-3)26(31)29-14-18(15-4-5-15)21-9-11-23(33-2)25(30-21)16-6-8-20(28)19(27)12-16/h6-13,15,18H,4-5,14H2,1-3H3,(H,29,31). The first kappa shape index (κ1) is 23.8. The molecule has 3 aromatic rings. The van der Waals surface area contributed by atoms with Gasteiger partial charge in [0.2, 0.25) is 0 Å². The number of halogens is 2. The molecule has 1 aromatic heterocycles. The van der Waals surface area contributed by atoms with E-state index in [1.807, 2.05) is 12.1 Å². The van der Waals surface area contributed by atoms with Crippen LogP contribution in [0.3, 0.4) is 0 Å². The first-order chi connectivity index (χ1) is 16.4. The Morgan fingerprint density at radius 2 is 1.74 bits per heavy atom. The Morgan fingerprint density at radius 3 is 2.38 bits per heavy atom. The Balaban J connectivity index is 1.57. The van der Waals surface area contributed by atoms with E-state index in [0.717, 1.165) is 18.5 Å². The average Bonchev–Trinajstić information content (AvgIpc) is 3.70. The number of amides is 1. The lowest BCUT2D eigenvalue weighted by Gasteiger charge is -2.19. The number of carbonyl (C=O) groups is 1. The van der Waals surface area contributed by atoms with E-state index in [2.05, 4.69) is 5.32 Å². The third kappa shape index (κ3) is 5.09. The smallest absolute Gasteiger partial charge is 0.251 e. The van der Waals surface area contributed by atoms with Crippen molar-refractivity contribution >= 4 is 17.5 Å². The zero-order chi connectivity index (χ0) is 24.2. The maximum absolute atomic E-state index is 13.7. The first-order valence-corrected chi connectivity index (χ1v) is 11.3. The predicted molar refractivity (Wildman–Crippen MR) is 129 cm³/mol. The van der Waals surface area contributed by atoms with Gasteiger partial charge in [0, 0.05) is 29.3 Å². The summed E-state index contributed by atoms with van der Waals surface area (Å²) in [5, 5.41) is 3.06. The van der Waals surface area contributed by atoms with Crippen LogP contribution in [0, 0.1) is 11.7 Å². The molecule has 1 heterocycles. The molecule has 1 aliphatic rings. The molecule has 1 aliphatic carbocycles. The molecule has 0 saturated heterocycles.